The monoisotopic (exact) mass is 170 g/mol. The number of rotatable bonds is 5. The molecule has 0 fully saturated rings. The number of hydrogen-bond acceptors (Lipinski definition) is 4. The molecule has 4 heteroatoms. The summed E-state index contributed by atoms with van der Waals surface area (Å²) in [5, 5.41) is 15.6. The summed E-state index contributed by atoms with van der Waals surface area (Å²) in [6.07, 6.45) is 1.55. The van der Waals surface area contributed by atoms with Crippen LogP contribution in [-0.2, 0) is 6.54 Å². The fourth-order valence-corrected chi connectivity index (χ4v) is 0.840. The zero-order chi connectivity index (χ0) is 8.81. The summed E-state index contributed by atoms with van der Waals surface area (Å²) in [6.45, 7) is 3.69. The average molecular weight is 170 g/mol. The van der Waals surface area contributed by atoms with Gasteiger partial charge in [0.15, 0.2) is 0 Å². The Morgan fingerprint density at radius 1 is 1.75 bits per heavy atom. The number of hydrogen-bond donors (Lipinski definition) is 2. The van der Waals surface area contributed by atoms with Crippen LogP contribution >= 0.6 is 0 Å². The fourth-order valence-electron chi connectivity index (χ4n) is 0.840. The highest BCUT2D eigenvalue weighted by Crippen LogP contribution is 1.94. The Morgan fingerprint density at radius 3 is 3.17 bits per heavy atom. The molecule has 1 atom stereocenters. The van der Waals surface area contributed by atoms with E-state index in [0.29, 0.717) is 6.54 Å². The van der Waals surface area contributed by atoms with E-state index in [-0.39, 0.29) is 12.5 Å². The largest absolute Gasteiger partial charge is 0.396 e. The zero-order valence-electron chi connectivity index (χ0n) is 7.16. The van der Waals surface area contributed by atoms with Crippen LogP contribution < -0.4 is 5.32 Å². The van der Waals surface area contributed by atoms with Gasteiger partial charge >= 0.3 is 0 Å². The van der Waals surface area contributed by atoms with Crippen molar-refractivity contribution < 1.29 is 9.63 Å². The van der Waals surface area contributed by atoms with E-state index in [0.717, 1.165) is 12.2 Å². The van der Waals surface area contributed by atoms with Crippen LogP contribution in [0.2, 0.25) is 0 Å². The molecular formula is C8H14N2O2. The van der Waals surface area contributed by atoms with Crippen LogP contribution in [0, 0.1) is 5.92 Å². The Labute approximate surface area is 71.6 Å². The van der Waals surface area contributed by atoms with Gasteiger partial charge in [0.05, 0.1) is 5.69 Å². The normalized spacial score (nSPS) is 13.2. The molecular weight excluding hydrogens is 156 g/mol. The molecule has 0 aliphatic carbocycles. The maximum absolute atomic E-state index is 8.72. The van der Waals surface area contributed by atoms with Gasteiger partial charge in [-0.15, -0.1) is 0 Å². The molecule has 12 heavy (non-hydrogen) atoms. The predicted octanol–water partition coefficient (Wildman–Crippen LogP) is 0.393. The van der Waals surface area contributed by atoms with Crippen molar-refractivity contribution in [2.75, 3.05) is 13.2 Å². The minimum absolute atomic E-state index is 0.214. The summed E-state index contributed by atoms with van der Waals surface area (Å²) in [6, 6.07) is 1.82. The number of aliphatic hydroxyl groups is 1. The summed E-state index contributed by atoms with van der Waals surface area (Å²) in [5.74, 6) is 0.289. The van der Waals surface area contributed by atoms with Crippen LogP contribution in [0.4, 0.5) is 0 Å². The van der Waals surface area contributed by atoms with E-state index in [1.54, 1.807) is 6.26 Å². The molecule has 2 N–H and O–H groups in total. The van der Waals surface area contributed by atoms with Crippen molar-refractivity contribution in [2.45, 2.75) is 13.5 Å². The smallest absolute Gasteiger partial charge is 0.124 e. The van der Waals surface area contributed by atoms with Crippen molar-refractivity contribution in [3.63, 3.8) is 0 Å². The van der Waals surface area contributed by atoms with Crippen molar-refractivity contribution in [2.24, 2.45) is 5.92 Å². The lowest BCUT2D eigenvalue weighted by molar-refractivity contribution is 0.233. The van der Waals surface area contributed by atoms with E-state index in [2.05, 4.69) is 15.0 Å². The van der Waals surface area contributed by atoms with Gasteiger partial charge in [0.1, 0.15) is 6.26 Å². The van der Waals surface area contributed by atoms with Crippen LogP contribution in [0.3, 0.4) is 0 Å². The molecule has 0 spiro atoms. The first-order valence-corrected chi connectivity index (χ1v) is 4.03. The highest BCUT2D eigenvalue weighted by Gasteiger charge is 1.99. The Kier molecular flexibility index (Phi) is 3.76. The van der Waals surface area contributed by atoms with Crippen LogP contribution in [0.5, 0.6) is 0 Å². The molecule has 0 bridgehead atoms. The lowest BCUT2D eigenvalue weighted by Gasteiger charge is -2.07. The molecule has 68 valence electrons. The van der Waals surface area contributed by atoms with Gasteiger partial charge in [-0.2, -0.15) is 0 Å². The van der Waals surface area contributed by atoms with E-state index in [1.807, 2.05) is 13.0 Å². The fraction of sp³-hybridized carbons (Fsp3) is 0.625. The molecule has 1 aromatic heterocycles. The van der Waals surface area contributed by atoms with Gasteiger partial charge in [-0.25, -0.2) is 0 Å². The van der Waals surface area contributed by atoms with E-state index in [1.165, 1.54) is 0 Å². The van der Waals surface area contributed by atoms with E-state index < -0.39 is 0 Å². The minimum atomic E-state index is 0.214. The molecule has 0 radical (unpaired) electrons. The number of aromatic nitrogens is 1. The summed E-state index contributed by atoms with van der Waals surface area (Å²) in [5.41, 5.74) is 0.889. The van der Waals surface area contributed by atoms with E-state index in [4.69, 9.17) is 5.11 Å². The minimum Gasteiger partial charge on any atom is -0.396 e. The molecule has 4 nitrogen and oxygen atoms in total. The van der Waals surface area contributed by atoms with Gasteiger partial charge in [-0.3, -0.25) is 0 Å². The van der Waals surface area contributed by atoms with Crippen LogP contribution in [0.25, 0.3) is 0 Å². The number of nitrogens with one attached hydrogen (secondary N) is 1. The highest BCUT2D eigenvalue weighted by molar-refractivity contribution is 4.94. The summed E-state index contributed by atoms with van der Waals surface area (Å²) >= 11 is 0. The van der Waals surface area contributed by atoms with E-state index in [9.17, 15) is 0 Å². The third kappa shape index (κ3) is 3.02. The van der Waals surface area contributed by atoms with E-state index >= 15 is 0 Å². The maximum atomic E-state index is 8.72. The third-order valence-electron chi connectivity index (χ3n) is 1.60. The summed E-state index contributed by atoms with van der Waals surface area (Å²) in [4.78, 5) is 0. The Bertz CT molecular complexity index is 199. The first kappa shape index (κ1) is 9.22. The molecule has 0 aliphatic rings. The number of aliphatic hydroxyl groups excluding tert-OH is 1. The second-order valence-electron chi connectivity index (χ2n) is 2.91. The molecule has 1 unspecified atom stereocenters. The average Bonchev–Trinajstić information content (AvgIpc) is 2.57. The molecule has 0 amide bonds. The molecule has 1 heterocycles. The van der Waals surface area contributed by atoms with Crippen LogP contribution in [-0.4, -0.2) is 23.4 Å². The maximum Gasteiger partial charge on any atom is 0.124 e. The lowest BCUT2D eigenvalue weighted by atomic mass is 10.2. The first-order chi connectivity index (χ1) is 5.83. The Morgan fingerprint density at radius 2 is 2.58 bits per heavy atom. The van der Waals surface area contributed by atoms with Crippen molar-refractivity contribution in [1.82, 2.24) is 10.5 Å². The van der Waals surface area contributed by atoms with Crippen molar-refractivity contribution >= 4 is 0 Å². The van der Waals surface area contributed by atoms with Gasteiger partial charge < -0.3 is 14.9 Å². The van der Waals surface area contributed by atoms with Gasteiger partial charge in [0.2, 0.25) is 0 Å². The predicted molar refractivity (Wildman–Crippen MR) is 44.5 cm³/mol. The lowest BCUT2D eigenvalue weighted by Crippen LogP contribution is -2.22. The Hall–Kier alpha value is -0.870. The topological polar surface area (TPSA) is 58.3 Å². The molecule has 1 rings (SSSR count). The molecule has 1 aromatic rings. The van der Waals surface area contributed by atoms with Gasteiger partial charge in [0, 0.05) is 25.8 Å². The molecule has 0 aromatic carbocycles. The quantitative estimate of drug-likeness (QED) is 0.671. The SMILES string of the molecule is CC(CO)CNCc1ccon1. The zero-order valence-corrected chi connectivity index (χ0v) is 7.16. The van der Waals surface area contributed by atoms with Gasteiger partial charge in [-0.05, 0) is 5.92 Å². The van der Waals surface area contributed by atoms with Crippen LogP contribution in [0.15, 0.2) is 16.9 Å². The van der Waals surface area contributed by atoms with Crippen LogP contribution in [0.1, 0.15) is 12.6 Å². The first-order valence-electron chi connectivity index (χ1n) is 4.03. The standard InChI is InChI=1S/C8H14N2O2/c1-7(6-11)4-9-5-8-2-3-12-10-8/h2-3,7,9,11H,4-6H2,1H3. The van der Waals surface area contributed by atoms with Gasteiger partial charge in [-0.1, -0.05) is 12.1 Å². The second kappa shape index (κ2) is 4.90. The molecule has 0 saturated carbocycles. The summed E-state index contributed by atoms with van der Waals surface area (Å²) in [7, 11) is 0. The molecule has 0 aliphatic heterocycles. The highest BCUT2D eigenvalue weighted by atomic mass is 16.5. The second-order valence-corrected chi connectivity index (χ2v) is 2.91. The number of nitrogens with zero attached hydrogens (tertiary/aromatic N) is 1. The van der Waals surface area contributed by atoms with Crippen molar-refractivity contribution in [3.8, 4) is 0 Å². The van der Waals surface area contributed by atoms with Crippen molar-refractivity contribution in [3.05, 3.63) is 18.0 Å². The van der Waals surface area contributed by atoms with Crippen molar-refractivity contribution in [1.29, 1.82) is 0 Å². The summed E-state index contributed by atoms with van der Waals surface area (Å²) < 4.78 is 4.66. The Balaban J connectivity index is 2.11. The molecule has 0 saturated heterocycles. The van der Waals surface area contributed by atoms with Gasteiger partial charge in [0.25, 0.3) is 0 Å². The third-order valence-corrected chi connectivity index (χ3v) is 1.60.